The van der Waals surface area contributed by atoms with Crippen LogP contribution in [0.5, 0.6) is 5.75 Å². The van der Waals surface area contributed by atoms with Gasteiger partial charge in [-0.2, -0.15) is 0 Å². The van der Waals surface area contributed by atoms with Gasteiger partial charge < -0.3 is 10.0 Å². The van der Waals surface area contributed by atoms with Crippen LogP contribution >= 0.6 is 0 Å². The van der Waals surface area contributed by atoms with Gasteiger partial charge in [0.2, 0.25) is 0 Å². The molecule has 1 aromatic carbocycles. The van der Waals surface area contributed by atoms with Crippen LogP contribution in [-0.4, -0.2) is 29.5 Å². The van der Waals surface area contributed by atoms with E-state index in [4.69, 9.17) is 0 Å². The molecule has 0 heterocycles. The van der Waals surface area contributed by atoms with E-state index in [2.05, 4.69) is 13.8 Å². The summed E-state index contributed by atoms with van der Waals surface area (Å²) in [6.45, 7) is 6.65. The summed E-state index contributed by atoms with van der Waals surface area (Å²) < 4.78 is 0. The zero-order valence-corrected chi connectivity index (χ0v) is 10.3. The molecule has 0 radical (unpaired) electrons. The fourth-order valence-corrected chi connectivity index (χ4v) is 1.59. The number of phenolic OH excluding ortho intramolecular Hbond substituents is 1. The molecule has 88 valence electrons. The molecule has 0 aliphatic heterocycles. The normalized spacial score (nSPS) is 10.6. The lowest BCUT2D eigenvalue weighted by Crippen LogP contribution is -2.30. The molecule has 0 aromatic heterocycles. The Bertz CT molecular complexity index is 386. The molecule has 0 aliphatic rings. The van der Waals surface area contributed by atoms with E-state index in [1.165, 1.54) is 6.07 Å². The van der Waals surface area contributed by atoms with Crippen molar-refractivity contribution in [2.75, 3.05) is 13.6 Å². The molecule has 3 heteroatoms. The average molecular weight is 221 g/mol. The maximum atomic E-state index is 12.0. The number of benzene rings is 1. The smallest absolute Gasteiger partial charge is 0.253 e. The number of phenols is 1. The minimum atomic E-state index is -0.0519. The summed E-state index contributed by atoms with van der Waals surface area (Å²) in [4.78, 5) is 13.6. The summed E-state index contributed by atoms with van der Waals surface area (Å²) in [5.41, 5.74) is 1.31. The Labute approximate surface area is 96.7 Å². The van der Waals surface area contributed by atoms with Crippen molar-refractivity contribution in [1.29, 1.82) is 0 Å². The van der Waals surface area contributed by atoms with Gasteiger partial charge in [0.05, 0.1) is 0 Å². The van der Waals surface area contributed by atoms with Gasteiger partial charge in [-0.25, -0.2) is 0 Å². The van der Waals surface area contributed by atoms with E-state index in [1.54, 1.807) is 31.0 Å². The third kappa shape index (κ3) is 2.99. The second kappa shape index (κ2) is 5.01. The third-order valence-corrected chi connectivity index (χ3v) is 2.44. The SMILES string of the molecule is Cc1ccc(C(=O)N(C)CC(C)C)cc1O. The summed E-state index contributed by atoms with van der Waals surface area (Å²) in [6, 6.07) is 5.02. The molecule has 0 unspecified atom stereocenters. The van der Waals surface area contributed by atoms with Crippen molar-refractivity contribution in [3.05, 3.63) is 29.3 Å². The number of rotatable bonds is 3. The molecule has 0 saturated heterocycles. The van der Waals surface area contributed by atoms with Gasteiger partial charge >= 0.3 is 0 Å². The van der Waals surface area contributed by atoms with E-state index in [1.807, 2.05) is 0 Å². The predicted octanol–water partition coefficient (Wildman–Crippen LogP) is 2.43. The van der Waals surface area contributed by atoms with Gasteiger partial charge in [0, 0.05) is 19.2 Å². The molecule has 0 aliphatic carbocycles. The Morgan fingerprint density at radius 1 is 1.44 bits per heavy atom. The Hall–Kier alpha value is -1.51. The minimum absolute atomic E-state index is 0.0519. The lowest BCUT2D eigenvalue weighted by Gasteiger charge is -2.19. The maximum absolute atomic E-state index is 12.0. The molecule has 1 amide bonds. The largest absolute Gasteiger partial charge is 0.508 e. The Morgan fingerprint density at radius 2 is 2.06 bits per heavy atom. The summed E-state index contributed by atoms with van der Waals surface area (Å²) in [7, 11) is 1.78. The first-order valence-corrected chi connectivity index (χ1v) is 5.47. The number of carbonyl (C=O) groups is 1. The third-order valence-electron chi connectivity index (χ3n) is 2.44. The van der Waals surface area contributed by atoms with Crippen LogP contribution in [-0.2, 0) is 0 Å². The molecule has 1 aromatic rings. The van der Waals surface area contributed by atoms with Gasteiger partial charge in [0.25, 0.3) is 5.91 Å². The van der Waals surface area contributed by atoms with Gasteiger partial charge in [-0.15, -0.1) is 0 Å². The zero-order valence-electron chi connectivity index (χ0n) is 10.3. The summed E-state index contributed by atoms with van der Waals surface area (Å²) in [5, 5.41) is 9.54. The van der Waals surface area contributed by atoms with E-state index < -0.39 is 0 Å². The van der Waals surface area contributed by atoms with Crippen LogP contribution in [0, 0.1) is 12.8 Å². The van der Waals surface area contributed by atoms with Crippen LogP contribution < -0.4 is 0 Å². The summed E-state index contributed by atoms with van der Waals surface area (Å²) >= 11 is 0. The van der Waals surface area contributed by atoms with Crippen LogP contribution in [0.1, 0.15) is 29.8 Å². The number of amides is 1. The number of hydrogen-bond donors (Lipinski definition) is 1. The molecule has 0 atom stereocenters. The first-order chi connectivity index (χ1) is 7.41. The maximum Gasteiger partial charge on any atom is 0.253 e. The van der Waals surface area contributed by atoms with Crippen LogP contribution in [0.3, 0.4) is 0 Å². The second-order valence-corrected chi connectivity index (χ2v) is 4.58. The monoisotopic (exact) mass is 221 g/mol. The molecule has 16 heavy (non-hydrogen) atoms. The highest BCUT2D eigenvalue weighted by atomic mass is 16.3. The fraction of sp³-hybridized carbons (Fsp3) is 0.462. The molecular formula is C13H19NO2. The van der Waals surface area contributed by atoms with Gasteiger partial charge in [0.1, 0.15) is 5.75 Å². The number of hydrogen-bond acceptors (Lipinski definition) is 2. The van der Waals surface area contributed by atoms with Crippen molar-refractivity contribution in [3.63, 3.8) is 0 Å². The quantitative estimate of drug-likeness (QED) is 0.851. The predicted molar refractivity (Wildman–Crippen MR) is 64.6 cm³/mol. The van der Waals surface area contributed by atoms with Gasteiger partial charge in [-0.3, -0.25) is 4.79 Å². The van der Waals surface area contributed by atoms with Crippen molar-refractivity contribution in [2.45, 2.75) is 20.8 Å². The molecule has 1 rings (SSSR count). The molecule has 0 fully saturated rings. The highest BCUT2D eigenvalue weighted by Gasteiger charge is 2.13. The van der Waals surface area contributed by atoms with Gasteiger partial charge in [0.15, 0.2) is 0 Å². The van der Waals surface area contributed by atoms with Crippen molar-refractivity contribution >= 4 is 5.91 Å². The van der Waals surface area contributed by atoms with E-state index in [-0.39, 0.29) is 11.7 Å². The highest BCUT2D eigenvalue weighted by Crippen LogP contribution is 2.18. The number of nitrogens with zero attached hydrogens (tertiary/aromatic N) is 1. The number of aryl methyl sites for hydroxylation is 1. The number of carbonyl (C=O) groups excluding carboxylic acids is 1. The first-order valence-electron chi connectivity index (χ1n) is 5.47. The first kappa shape index (κ1) is 12.6. The van der Waals surface area contributed by atoms with Crippen molar-refractivity contribution in [1.82, 2.24) is 4.90 Å². The molecule has 1 N–H and O–H groups in total. The van der Waals surface area contributed by atoms with Crippen LogP contribution in [0.4, 0.5) is 0 Å². The van der Waals surface area contributed by atoms with E-state index in [0.29, 0.717) is 18.0 Å². The van der Waals surface area contributed by atoms with Crippen molar-refractivity contribution in [2.24, 2.45) is 5.92 Å². The zero-order chi connectivity index (χ0) is 12.3. The van der Waals surface area contributed by atoms with Crippen LogP contribution in [0.15, 0.2) is 18.2 Å². The van der Waals surface area contributed by atoms with E-state index >= 15 is 0 Å². The van der Waals surface area contributed by atoms with Crippen LogP contribution in [0.2, 0.25) is 0 Å². The van der Waals surface area contributed by atoms with Crippen molar-refractivity contribution < 1.29 is 9.90 Å². The standard InChI is InChI=1S/C13H19NO2/c1-9(2)8-14(4)13(16)11-6-5-10(3)12(15)7-11/h5-7,9,15H,8H2,1-4H3. The van der Waals surface area contributed by atoms with Crippen LogP contribution in [0.25, 0.3) is 0 Å². The Kier molecular flexibility index (Phi) is 3.93. The van der Waals surface area contributed by atoms with Gasteiger partial charge in [-0.05, 0) is 30.5 Å². The fourth-order valence-electron chi connectivity index (χ4n) is 1.59. The number of aromatic hydroxyl groups is 1. The highest BCUT2D eigenvalue weighted by molar-refractivity contribution is 5.94. The molecular weight excluding hydrogens is 202 g/mol. The lowest BCUT2D eigenvalue weighted by atomic mass is 10.1. The van der Waals surface area contributed by atoms with Crippen molar-refractivity contribution in [3.8, 4) is 5.75 Å². The topological polar surface area (TPSA) is 40.5 Å². The Morgan fingerprint density at radius 3 is 2.56 bits per heavy atom. The summed E-state index contributed by atoms with van der Waals surface area (Å²) in [5.74, 6) is 0.556. The molecule has 3 nitrogen and oxygen atoms in total. The average Bonchev–Trinajstić information content (AvgIpc) is 2.20. The summed E-state index contributed by atoms with van der Waals surface area (Å²) in [6.07, 6.45) is 0. The molecule has 0 spiro atoms. The lowest BCUT2D eigenvalue weighted by molar-refractivity contribution is 0.0779. The second-order valence-electron chi connectivity index (χ2n) is 4.58. The molecule has 0 bridgehead atoms. The van der Waals surface area contributed by atoms with E-state index in [0.717, 1.165) is 5.56 Å². The van der Waals surface area contributed by atoms with E-state index in [9.17, 15) is 9.90 Å². The Balaban J connectivity index is 2.84. The van der Waals surface area contributed by atoms with Gasteiger partial charge in [-0.1, -0.05) is 19.9 Å². The minimum Gasteiger partial charge on any atom is -0.508 e. The molecule has 0 saturated carbocycles.